The first-order chi connectivity index (χ1) is 3.00. The first kappa shape index (κ1) is 16.8. The smallest absolute Gasteiger partial charge is 1.00 e. The molecular weight excluding hydrogens is 350 g/mol. The van der Waals surface area contributed by atoms with E-state index in [1.807, 2.05) is 30.3 Å². The maximum absolute atomic E-state index is 2.89. The maximum atomic E-state index is 2.89. The average molecular weight is 355 g/mol. The van der Waals surface area contributed by atoms with E-state index in [2.05, 4.69) is 6.07 Å². The van der Waals surface area contributed by atoms with Crippen LogP contribution in [0.1, 0.15) is 0 Å². The van der Waals surface area contributed by atoms with Crippen LogP contribution in [-0.4, -0.2) is 23.1 Å². The van der Waals surface area contributed by atoms with E-state index in [-0.39, 0.29) is 71.0 Å². The van der Waals surface area contributed by atoms with Gasteiger partial charge in [0.1, 0.15) is 0 Å². The van der Waals surface area contributed by atoms with E-state index in [1.54, 1.807) is 0 Å². The Morgan fingerprint density at radius 2 is 1.22 bits per heavy atom. The molecule has 0 nitrogen and oxygen atoms in total. The molecule has 1 aromatic carbocycles. The van der Waals surface area contributed by atoms with Crippen LogP contribution in [0, 0.1) is 6.07 Å². The zero-order chi connectivity index (χ0) is 4.24. The van der Waals surface area contributed by atoms with Gasteiger partial charge in [-0.15, -0.1) is 0 Å². The summed E-state index contributed by atoms with van der Waals surface area (Å²) in [5, 5.41) is 0. The second-order valence-corrected chi connectivity index (χ2v) is 1.08. The Kier molecular flexibility index (Phi) is 22.7. The summed E-state index contributed by atoms with van der Waals surface area (Å²) >= 11 is 0. The number of hydrogen-bond acceptors (Lipinski definition) is 0. The summed E-state index contributed by atoms with van der Waals surface area (Å²) < 4.78 is 0. The molecule has 0 bridgehead atoms. The fraction of sp³-hybridized carbons (Fsp3) is 0. The van der Waals surface area contributed by atoms with Gasteiger partial charge in [0, 0.05) is 0 Å². The quantitative estimate of drug-likeness (QED) is 0.324. The van der Waals surface area contributed by atoms with E-state index in [4.69, 9.17) is 0 Å². The second kappa shape index (κ2) is 12.2. The molecule has 3 heteroatoms. The standard InChI is InChI=1S/C6H5.2HI.Mg/c1-2-4-6-5-3-1;;;/h1-5H;2*1H;/q;;;+2/p-2. The van der Waals surface area contributed by atoms with Crippen LogP contribution in [-0.2, 0) is 0 Å². The molecule has 0 amide bonds. The van der Waals surface area contributed by atoms with E-state index in [9.17, 15) is 0 Å². The Labute approximate surface area is 106 Å². The van der Waals surface area contributed by atoms with Crippen LogP contribution in [0.5, 0.6) is 0 Å². The van der Waals surface area contributed by atoms with Gasteiger partial charge in [0.25, 0.3) is 0 Å². The number of halogens is 2. The van der Waals surface area contributed by atoms with Crippen LogP contribution in [0.15, 0.2) is 30.3 Å². The van der Waals surface area contributed by atoms with Gasteiger partial charge in [-0.1, -0.05) is 30.3 Å². The van der Waals surface area contributed by atoms with Crippen molar-refractivity contribution in [3.05, 3.63) is 36.4 Å². The van der Waals surface area contributed by atoms with E-state index in [0.717, 1.165) is 0 Å². The number of hydrogen-bond donors (Lipinski definition) is 0. The third-order valence-electron chi connectivity index (χ3n) is 0.607. The van der Waals surface area contributed by atoms with E-state index in [1.165, 1.54) is 0 Å². The van der Waals surface area contributed by atoms with Crippen molar-refractivity contribution < 1.29 is 48.0 Å². The zero-order valence-electron chi connectivity index (χ0n) is 4.85. The summed E-state index contributed by atoms with van der Waals surface area (Å²) in [6.07, 6.45) is 0. The van der Waals surface area contributed by atoms with Crippen LogP contribution in [0.25, 0.3) is 0 Å². The molecule has 0 spiro atoms. The van der Waals surface area contributed by atoms with Gasteiger partial charge < -0.3 is 48.0 Å². The molecule has 1 rings (SSSR count). The largest absolute Gasteiger partial charge is 2.00 e. The van der Waals surface area contributed by atoms with Crippen LogP contribution < -0.4 is 48.0 Å². The molecule has 0 aromatic heterocycles. The Morgan fingerprint density at radius 1 is 0.778 bits per heavy atom. The van der Waals surface area contributed by atoms with Gasteiger partial charge in [0.2, 0.25) is 0 Å². The van der Waals surface area contributed by atoms with E-state index < -0.39 is 0 Å². The van der Waals surface area contributed by atoms with Crippen molar-refractivity contribution in [2.45, 2.75) is 0 Å². The minimum atomic E-state index is 0. The van der Waals surface area contributed by atoms with Gasteiger partial charge in [-0.25, -0.2) is 0 Å². The number of rotatable bonds is 0. The van der Waals surface area contributed by atoms with Crippen LogP contribution >= 0.6 is 0 Å². The summed E-state index contributed by atoms with van der Waals surface area (Å²) in [5.41, 5.74) is 0. The molecule has 0 aliphatic heterocycles. The average Bonchev–Trinajstić information content (AvgIpc) is 1.72. The topological polar surface area (TPSA) is 0 Å². The Morgan fingerprint density at radius 3 is 1.33 bits per heavy atom. The van der Waals surface area contributed by atoms with Gasteiger partial charge in [-0.05, 0) is 6.07 Å². The molecule has 0 fully saturated rings. The summed E-state index contributed by atoms with van der Waals surface area (Å²) in [7, 11) is 0. The van der Waals surface area contributed by atoms with Gasteiger partial charge in [-0.2, -0.15) is 0 Å². The predicted molar refractivity (Wildman–Crippen MR) is 31.0 cm³/mol. The number of benzene rings is 1. The fourth-order valence-electron chi connectivity index (χ4n) is 0.342. The third kappa shape index (κ3) is 9.45. The summed E-state index contributed by atoms with van der Waals surface area (Å²) in [6, 6.07) is 12.5. The monoisotopic (exact) mass is 355 g/mol. The summed E-state index contributed by atoms with van der Waals surface area (Å²) in [6.45, 7) is 0. The molecule has 0 aliphatic rings. The SMILES string of the molecule is [I-].[I-].[Mg+2].[c]1ccccc1. The molecule has 9 heavy (non-hydrogen) atoms. The summed E-state index contributed by atoms with van der Waals surface area (Å²) in [5.74, 6) is 0. The molecule has 0 saturated heterocycles. The maximum Gasteiger partial charge on any atom is 2.00 e. The minimum absolute atomic E-state index is 0. The zero-order valence-corrected chi connectivity index (χ0v) is 10.6. The molecule has 0 N–H and O–H groups in total. The van der Waals surface area contributed by atoms with Gasteiger partial charge in [-0.3, -0.25) is 0 Å². The van der Waals surface area contributed by atoms with Crippen LogP contribution in [0.4, 0.5) is 0 Å². The van der Waals surface area contributed by atoms with Crippen molar-refractivity contribution in [2.24, 2.45) is 0 Å². The predicted octanol–water partition coefficient (Wildman–Crippen LogP) is -4.89. The first-order valence-corrected chi connectivity index (χ1v) is 1.91. The van der Waals surface area contributed by atoms with Crippen molar-refractivity contribution >= 4 is 23.1 Å². The van der Waals surface area contributed by atoms with Crippen molar-refractivity contribution in [1.29, 1.82) is 0 Å². The first-order valence-electron chi connectivity index (χ1n) is 1.91. The molecule has 0 atom stereocenters. The van der Waals surface area contributed by atoms with Crippen LogP contribution in [0.2, 0.25) is 0 Å². The van der Waals surface area contributed by atoms with Crippen molar-refractivity contribution in [2.75, 3.05) is 0 Å². The van der Waals surface area contributed by atoms with E-state index in [0.29, 0.717) is 0 Å². The normalized spacial score (nSPS) is 5.33. The fourth-order valence-corrected chi connectivity index (χ4v) is 0.342. The Hall–Kier alpha value is 1.45. The molecule has 0 heterocycles. The van der Waals surface area contributed by atoms with Crippen molar-refractivity contribution in [1.82, 2.24) is 0 Å². The molecule has 45 valence electrons. The third-order valence-corrected chi connectivity index (χ3v) is 0.607. The molecule has 0 unspecified atom stereocenters. The van der Waals surface area contributed by atoms with Gasteiger partial charge >= 0.3 is 23.1 Å². The molecule has 0 aliphatic carbocycles. The summed E-state index contributed by atoms with van der Waals surface area (Å²) in [4.78, 5) is 0. The Bertz CT molecular complexity index is 83.0. The van der Waals surface area contributed by atoms with Gasteiger partial charge in [0.15, 0.2) is 0 Å². The molecule has 1 radical (unpaired) electrons. The van der Waals surface area contributed by atoms with Crippen LogP contribution in [0.3, 0.4) is 0 Å². The van der Waals surface area contributed by atoms with Crippen molar-refractivity contribution in [3.63, 3.8) is 0 Å². The Balaban J connectivity index is -0.000000120. The molecule has 1 aromatic rings. The second-order valence-electron chi connectivity index (χ2n) is 1.08. The molecular formula is C6H5I2Mg. The van der Waals surface area contributed by atoms with Crippen molar-refractivity contribution in [3.8, 4) is 0 Å². The minimum Gasteiger partial charge on any atom is -1.00 e. The van der Waals surface area contributed by atoms with Gasteiger partial charge in [0.05, 0.1) is 0 Å². The molecule has 0 saturated carbocycles. The van der Waals surface area contributed by atoms with E-state index >= 15 is 0 Å².